The molecule has 0 saturated carbocycles. The van der Waals surface area contributed by atoms with E-state index in [0.29, 0.717) is 10.9 Å². The number of rotatable bonds is 2. The molecule has 3 nitrogen and oxygen atoms in total. The normalized spacial score (nSPS) is 18.5. The van der Waals surface area contributed by atoms with Crippen LogP contribution in [0.1, 0.15) is 24.4 Å². The lowest BCUT2D eigenvalue weighted by Crippen LogP contribution is -2.27. The zero-order valence-electron chi connectivity index (χ0n) is 9.43. The molecular formula is C12H17Cl2NO2. The van der Waals surface area contributed by atoms with E-state index in [2.05, 4.69) is 0 Å². The summed E-state index contributed by atoms with van der Waals surface area (Å²) in [4.78, 5) is 0. The highest BCUT2D eigenvalue weighted by atomic mass is 35.5. The van der Waals surface area contributed by atoms with Gasteiger partial charge in [-0.2, -0.15) is 0 Å². The maximum absolute atomic E-state index is 9.77. The minimum atomic E-state index is -0.164. The Bertz CT molecular complexity index is 368. The Kier molecular flexibility index (Phi) is 5.53. The Morgan fingerprint density at radius 3 is 2.65 bits per heavy atom. The fraction of sp³-hybridized carbons (Fsp3) is 0.500. The SMILES string of the molecule is Cl.N[C@@H](c1cc(Cl)ccc1O)C1CCOCC1. The zero-order valence-corrected chi connectivity index (χ0v) is 11.0. The molecule has 0 spiro atoms. The molecule has 1 fully saturated rings. The Morgan fingerprint density at radius 1 is 1.35 bits per heavy atom. The number of ether oxygens (including phenoxy) is 1. The number of phenols is 1. The lowest BCUT2D eigenvalue weighted by molar-refractivity contribution is 0.0581. The molecule has 1 aliphatic rings. The summed E-state index contributed by atoms with van der Waals surface area (Å²) in [6.07, 6.45) is 1.88. The van der Waals surface area contributed by atoms with E-state index in [1.807, 2.05) is 0 Å². The van der Waals surface area contributed by atoms with Gasteiger partial charge in [0.2, 0.25) is 0 Å². The van der Waals surface area contributed by atoms with Gasteiger partial charge < -0.3 is 15.6 Å². The van der Waals surface area contributed by atoms with Gasteiger partial charge in [-0.1, -0.05) is 11.6 Å². The first-order valence-corrected chi connectivity index (χ1v) is 5.88. The molecule has 0 aliphatic carbocycles. The second-order valence-electron chi connectivity index (χ2n) is 4.18. The van der Waals surface area contributed by atoms with Crippen molar-refractivity contribution in [2.75, 3.05) is 13.2 Å². The minimum Gasteiger partial charge on any atom is -0.508 e. The summed E-state index contributed by atoms with van der Waals surface area (Å²) < 4.78 is 5.30. The van der Waals surface area contributed by atoms with Crippen LogP contribution in [0.2, 0.25) is 5.02 Å². The van der Waals surface area contributed by atoms with E-state index in [9.17, 15) is 5.11 Å². The van der Waals surface area contributed by atoms with E-state index < -0.39 is 0 Å². The Balaban J connectivity index is 0.00000144. The average molecular weight is 278 g/mol. The predicted molar refractivity (Wildman–Crippen MR) is 70.8 cm³/mol. The largest absolute Gasteiger partial charge is 0.508 e. The fourth-order valence-electron chi connectivity index (χ4n) is 2.12. The summed E-state index contributed by atoms with van der Waals surface area (Å²) in [6.45, 7) is 1.50. The number of nitrogens with two attached hydrogens (primary N) is 1. The highest BCUT2D eigenvalue weighted by Gasteiger charge is 2.24. The molecule has 1 atom stereocenters. The van der Waals surface area contributed by atoms with Crippen molar-refractivity contribution in [3.05, 3.63) is 28.8 Å². The third-order valence-electron chi connectivity index (χ3n) is 3.12. The van der Waals surface area contributed by atoms with Crippen molar-refractivity contribution in [1.82, 2.24) is 0 Å². The van der Waals surface area contributed by atoms with E-state index in [0.717, 1.165) is 31.6 Å². The Morgan fingerprint density at radius 2 is 2.00 bits per heavy atom. The van der Waals surface area contributed by atoms with Crippen molar-refractivity contribution in [3.8, 4) is 5.75 Å². The number of benzene rings is 1. The Labute approximate surface area is 112 Å². The zero-order chi connectivity index (χ0) is 11.5. The maximum Gasteiger partial charge on any atom is 0.120 e. The molecule has 0 bridgehead atoms. The fourth-order valence-corrected chi connectivity index (χ4v) is 2.30. The summed E-state index contributed by atoms with van der Waals surface area (Å²) >= 11 is 5.91. The molecule has 5 heteroatoms. The maximum atomic E-state index is 9.77. The monoisotopic (exact) mass is 277 g/mol. The molecule has 1 aliphatic heterocycles. The van der Waals surface area contributed by atoms with Crippen LogP contribution in [0.4, 0.5) is 0 Å². The van der Waals surface area contributed by atoms with E-state index in [4.69, 9.17) is 22.1 Å². The van der Waals surface area contributed by atoms with Gasteiger partial charge in [0, 0.05) is 29.8 Å². The van der Waals surface area contributed by atoms with Crippen LogP contribution in [0.5, 0.6) is 5.75 Å². The number of hydrogen-bond donors (Lipinski definition) is 2. The summed E-state index contributed by atoms with van der Waals surface area (Å²) in [7, 11) is 0. The second kappa shape index (κ2) is 6.45. The number of aromatic hydroxyl groups is 1. The number of phenolic OH excluding ortho intramolecular Hbond substituents is 1. The van der Waals surface area contributed by atoms with Crippen LogP contribution in [0, 0.1) is 5.92 Å². The molecule has 17 heavy (non-hydrogen) atoms. The van der Waals surface area contributed by atoms with Gasteiger partial charge in [0.25, 0.3) is 0 Å². The standard InChI is InChI=1S/C12H16ClNO2.ClH/c13-9-1-2-11(15)10(7-9)12(14)8-3-5-16-6-4-8;/h1-2,7-8,12,15H,3-6,14H2;1H/t12-;/m1./s1. The molecule has 3 N–H and O–H groups in total. The summed E-state index contributed by atoms with van der Waals surface area (Å²) in [5, 5.41) is 10.4. The first-order valence-electron chi connectivity index (χ1n) is 5.50. The minimum absolute atomic E-state index is 0. The van der Waals surface area contributed by atoms with Crippen LogP contribution < -0.4 is 5.73 Å². The van der Waals surface area contributed by atoms with Crippen LogP contribution in [0.25, 0.3) is 0 Å². The van der Waals surface area contributed by atoms with Gasteiger partial charge in [-0.05, 0) is 37.0 Å². The Hall–Kier alpha value is -0.480. The van der Waals surface area contributed by atoms with Crippen LogP contribution in [0.3, 0.4) is 0 Å². The highest BCUT2D eigenvalue weighted by Crippen LogP contribution is 2.34. The van der Waals surface area contributed by atoms with Gasteiger partial charge in [-0.3, -0.25) is 0 Å². The molecule has 0 unspecified atom stereocenters. The molecule has 0 aromatic heterocycles. The lowest BCUT2D eigenvalue weighted by Gasteiger charge is -2.28. The van der Waals surface area contributed by atoms with Crippen molar-refractivity contribution in [1.29, 1.82) is 0 Å². The molecular weight excluding hydrogens is 261 g/mol. The molecule has 1 saturated heterocycles. The van der Waals surface area contributed by atoms with Crippen molar-refractivity contribution < 1.29 is 9.84 Å². The topological polar surface area (TPSA) is 55.5 Å². The molecule has 1 aromatic rings. The van der Waals surface area contributed by atoms with Gasteiger partial charge in [-0.25, -0.2) is 0 Å². The molecule has 96 valence electrons. The van der Waals surface area contributed by atoms with E-state index in [1.165, 1.54) is 0 Å². The van der Waals surface area contributed by atoms with Gasteiger partial charge in [-0.15, -0.1) is 12.4 Å². The quantitative estimate of drug-likeness (QED) is 0.874. The van der Waals surface area contributed by atoms with Crippen LogP contribution >= 0.6 is 24.0 Å². The molecule has 1 heterocycles. The van der Waals surface area contributed by atoms with Gasteiger partial charge >= 0.3 is 0 Å². The van der Waals surface area contributed by atoms with Gasteiger partial charge in [0.15, 0.2) is 0 Å². The second-order valence-corrected chi connectivity index (χ2v) is 4.62. The van der Waals surface area contributed by atoms with Gasteiger partial charge in [0.1, 0.15) is 5.75 Å². The van der Waals surface area contributed by atoms with Crippen molar-refractivity contribution >= 4 is 24.0 Å². The first-order chi connectivity index (χ1) is 7.68. The molecule has 0 amide bonds. The van der Waals surface area contributed by atoms with Crippen LogP contribution in [0.15, 0.2) is 18.2 Å². The highest BCUT2D eigenvalue weighted by molar-refractivity contribution is 6.30. The van der Waals surface area contributed by atoms with E-state index in [-0.39, 0.29) is 24.2 Å². The van der Waals surface area contributed by atoms with Crippen molar-refractivity contribution in [2.24, 2.45) is 11.7 Å². The average Bonchev–Trinajstić information content (AvgIpc) is 2.32. The summed E-state index contributed by atoms with van der Waals surface area (Å²) in [5.41, 5.74) is 6.90. The van der Waals surface area contributed by atoms with Crippen molar-refractivity contribution in [3.63, 3.8) is 0 Å². The molecule has 2 rings (SSSR count). The van der Waals surface area contributed by atoms with Crippen molar-refractivity contribution in [2.45, 2.75) is 18.9 Å². The first kappa shape index (κ1) is 14.6. The van der Waals surface area contributed by atoms with Crippen LogP contribution in [-0.2, 0) is 4.74 Å². The number of halogens is 2. The summed E-state index contributed by atoms with van der Waals surface area (Å²) in [5.74, 6) is 0.585. The molecule has 1 aromatic carbocycles. The smallest absolute Gasteiger partial charge is 0.120 e. The van der Waals surface area contributed by atoms with Gasteiger partial charge in [0.05, 0.1) is 0 Å². The molecule has 0 radical (unpaired) electrons. The number of hydrogen-bond acceptors (Lipinski definition) is 3. The third-order valence-corrected chi connectivity index (χ3v) is 3.36. The third kappa shape index (κ3) is 3.49. The van der Waals surface area contributed by atoms with Crippen LogP contribution in [-0.4, -0.2) is 18.3 Å². The lowest BCUT2D eigenvalue weighted by atomic mass is 9.87. The predicted octanol–water partition coefficient (Wildman–Crippen LogP) is 2.89. The summed E-state index contributed by atoms with van der Waals surface area (Å²) in [6, 6.07) is 4.84. The van der Waals surface area contributed by atoms with E-state index >= 15 is 0 Å². The van der Waals surface area contributed by atoms with E-state index in [1.54, 1.807) is 18.2 Å².